The van der Waals surface area contributed by atoms with Gasteiger partial charge in [0, 0.05) is 24.0 Å². The van der Waals surface area contributed by atoms with Crippen molar-refractivity contribution in [3.63, 3.8) is 0 Å². The summed E-state index contributed by atoms with van der Waals surface area (Å²) in [6.45, 7) is 4.79. The van der Waals surface area contributed by atoms with Gasteiger partial charge in [0.1, 0.15) is 5.01 Å². The Labute approximate surface area is 194 Å². The Kier molecular flexibility index (Phi) is 5.59. The maximum atomic E-state index is 13.0. The summed E-state index contributed by atoms with van der Waals surface area (Å²) in [4.78, 5) is 27.4. The summed E-state index contributed by atoms with van der Waals surface area (Å²) >= 11 is 1.20. The van der Waals surface area contributed by atoms with Gasteiger partial charge in [-0.3, -0.25) is 4.79 Å². The molecule has 0 unspecified atom stereocenters. The highest BCUT2D eigenvalue weighted by molar-refractivity contribution is 7.13. The number of hydrogen-bond donors (Lipinski definition) is 2. The number of anilines is 2. The molecule has 2 aliphatic rings. The Bertz CT molecular complexity index is 1210. The average Bonchev–Trinajstić information content (AvgIpc) is 3.51. The molecule has 10 heteroatoms. The Morgan fingerprint density at radius 3 is 2.61 bits per heavy atom. The van der Waals surface area contributed by atoms with Gasteiger partial charge >= 0.3 is 6.03 Å². The summed E-state index contributed by atoms with van der Waals surface area (Å²) < 4.78 is 10.6. The maximum absolute atomic E-state index is 13.0. The van der Waals surface area contributed by atoms with Crippen LogP contribution in [0.5, 0.6) is 11.5 Å². The molecule has 0 spiro atoms. The molecule has 5 rings (SSSR count). The summed E-state index contributed by atoms with van der Waals surface area (Å²) in [7, 11) is 0. The first-order chi connectivity index (χ1) is 16.0. The molecule has 3 heterocycles. The van der Waals surface area contributed by atoms with E-state index in [-0.39, 0.29) is 29.8 Å². The third kappa shape index (κ3) is 4.47. The van der Waals surface area contributed by atoms with Gasteiger partial charge in [-0.15, -0.1) is 10.2 Å². The van der Waals surface area contributed by atoms with Crippen molar-refractivity contribution in [1.82, 2.24) is 15.1 Å². The first-order valence-corrected chi connectivity index (χ1v) is 11.5. The summed E-state index contributed by atoms with van der Waals surface area (Å²) in [6.07, 6.45) is 1.64. The van der Waals surface area contributed by atoms with Gasteiger partial charge in [0.25, 0.3) is 5.91 Å². The number of aromatic nitrogens is 2. The van der Waals surface area contributed by atoms with Crippen LogP contribution < -0.4 is 20.1 Å². The quantitative estimate of drug-likeness (QED) is 0.588. The van der Waals surface area contributed by atoms with E-state index in [2.05, 4.69) is 26.9 Å². The van der Waals surface area contributed by atoms with Gasteiger partial charge < -0.3 is 25.0 Å². The van der Waals surface area contributed by atoms with Gasteiger partial charge in [0.05, 0.1) is 6.04 Å². The van der Waals surface area contributed by atoms with Crippen molar-refractivity contribution in [3.8, 4) is 11.5 Å². The number of benzene rings is 2. The number of fused-ring (bicyclic) bond motifs is 1. The number of nitrogens with one attached hydrogen (secondary N) is 2. The van der Waals surface area contributed by atoms with E-state index in [4.69, 9.17) is 9.47 Å². The van der Waals surface area contributed by atoms with Crippen LogP contribution in [0.25, 0.3) is 0 Å². The average molecular weight is 466 g/mol. The molecule has 1 aromatic heterocycles. The minimum absolute atomic E-state index is 0.168. The van der Waals surface area contributed by atoms with Crippen molar-refractivity contribution in [2.45, 2.75) is 32.7 Å². The minimum atomic E-state index is -0.359. The lowest BCUT2D eigenvalue weighted by molar-refractivity contribution is 0.102. The lowest BCUT2D eigenvalue weighted by atomic mass is 10.1. The second-order valence-electron chi connectivity index (χ2n) is 8.13. The molecule has 3 amide bonds. The number of amides is 3. The minimum Gasteiger partial charge on any atom is -0.454 e. The fourth-order valence-electron chi connectivity index (χ4n) is 4.13. The Morgan fingerprint density at radius 2 is 1.79 bits per heavy atom. The molecule has 0 radical (unpaired) electrons. The Morgan fingerprint density at radius 1 is 1.00 bits per heavy atom. The molecule has 33 heavy (non-hydrogen) atoms. The molecule has 0 bridgehead atoms. The SMILES string of the molecule is Cc1cc(C)cc(NC(=O)N2CCC[C@@H]2c2nnc(C(=O)Nc3ccc4c(c3)OCO4)s2)c1. The topological polar surface area (TPSA) is 106 Å². The highest BCUT2D eigenvalue weighted by Crippen LogP contribution is 2.36. The zero-order valence-corrected chi connectivity index (χ0v) is 19.1. The third-order valence-electron chi connectivity index (χ3n) is 5.54. The summed E-state index contributed by atoms with van der Waals surface area (Å²) in [5.74, 6) is 0.871. The molecule has 2 aliphatic heterocycles. The highest BCUT2D eigenvalue weighted by atomic mass is 32.1. The number of urea groups is 1. The molecule has 2 aromatic carbocycles. The fourth-order valence-corrected chi connectivity index (χ4v) is 5.01. The molecule has 2 N–H and O–H groups in total. The van der Waals surface area contributed by atoms with Gasteiger partial charge in [0.2, 0.25) is 11.8 Å². The molecular weight excluding hydrogens is 442 g/mol. The van der Waals surface area contributed by atoms with E-state index in [1.165, 1.54) is 11.3 Å². The molecular formula is C23H23N5O4S. The van der Waals surface area contributed by atoms with Gasteiger partial charge in [-0.05, 0) is 62.1 Å². The van der Waals surface area contributed by atoms with Crippen molar-refractivity contribution in [2.75, 3.05) is 24.0 Å². The predicted octanol–water partition coefficient (Wildman–Crippen LogP) is 4.50. The second-order valence-corrected chi connectivity index (χ2v) is 9.13. The fraction of sp³-hybridized carbons (Fsp3) is 0.304. The smallest absolute Gasteiger partial charge is 0.322 e. The van der Waals surface area contributed by atoms with Crippen molar-refractivity contribution >= 4 is 34.6 Å². The number of carbonyl (C=O) groups is 2. The largest absolute Gasteiger partial charge is 0.454 e. The number of nitrogens with zero attached hydrogens (tertiary/aromatic N) is 3. The van der Waals surface area contributed by atoms with E-state index < -0.39 is 0 Å². The molecule has 0 aliphatic carbocycles. The van der Waals surface area contributed by atoms with Gasteiger partial charge in [-0.2, -0.15) is 0 Å². The zero-order chi connectivity index (χ0) is 22.9. The number of hydrogen-bond acceptors (Lipinski definition) is 7. The number of aryl methyl sites for hydroxylation is 2. The van der Waals surface area contributed by atoms with E-state index >= 15 is 0 Å². The van der Waals surface area contributed by atoms with Crippen molar-refractivity contribution in [2.24, 2.45) is 0 Å². The van der Waals surface area contributed by atoms with Crippen LogP contribution in [0.2, 0.25) is 0 Å². The van der Waals surface area contributed by atoms with Crippen molar-refractivity contribution in [1.29, 1.82) is 0 Å². The second kappa shape index (κ2) is 8.70. The van der Waals surface area contributed by atoms with E-state index in [0.29, 0.717) is 28.7 Å². The maximum Gasteiger partial charge on any atom is 0.322 e. The number of rotatable bonds is 4. The molecule has 1 fully saturated rings. The van der Waals surface area contributed by atoms with E-state index in [9.17, 15) is 9.59 Å². The van der Waals surface area contributed by atoms with E-state index in [1.54, 1.807) is 23.1 Å². The van der Waals surface area contributed by atoms with Crippen LogP contribution in [0.4, 0.5) is 16.2 Å². The summed E-state index contributed by atoms with van der Waals surface area (Å²) in [5, 5.41) is 15.0. The first-order valence-electron chi connectivity index (χ1n) is 10.7. The van der Waals surface area contributed by atoms with Gasteiger partial charge in [0.15, 0.2) is 11.5 Å². The predicted molar refractivity (Wildman–Crippen MR) is 124 cm³/mol. The van der Waals surface area contributed by atoms with Crippen molar-refractivity contribution in [3.05, 3.63) is 57.5 Å². The van der Waals surface area contributed by atoms with E-state index in [1.807, 2.05) is 26.0 Å². The lowest BCUT2D eigenvalue weighted by Gasteiger charge is -2.23. The molecule has 0 saturated carbocycles. The summed E-state index contributed by atoms with van der Waals surface area (Å²) in [6, 6.07) is 10.8. The molecule has 1 saturated heterocycles. The number of likely N-dealkylation sites (tertiary alicyclic amines) is 1. The van der Waals surface area contributed by atoms with Crippen LogP contribution in [0.1, 0.15) is 44.8 Å². The third-order valence-corrected chi connectivity index (χ3v) is 6.56. The lowest BCUT2D eigenvalue weighted by Crippen LogP contribution is -2.34. The molecule has 9 nitrogen and oxygen atoms in total. The van der Waals surface area contributed by atoms with E-state index in [0.717, 1.165) is 29.7 Å². The number of carbonyl (C=O) groups excluding carboxylic acids is 2. The molecule has 3 aromatic rings. The summed E-state index contributed by atoms with van der Waals surface area (Å²) in [5.41, 5.74) is 3.52. The molecule has 170 valence electrons. The van der Waals surface area contributed by atoms with Gasteiger partial charge in [-0.1, -0.05) is 17.4 Å². The van der Waals surface area contributed by atoms with Crippen LogP contribution in [-0.2, 0) is 0 Å². The van der Waals surface area contributed by atoms with Gasteiger partial charge in [-0.25, -0.2) is 4.79 Å². The molecule has 1 atom stereocenters. The normalized spacial score (nSPS) is 16.7. The van der Waals surface area contributed by atoms with Crippen LogP contribution in [0.15, 0.2) is 36.4 Å². The van der Waals surface area contributed by atoms with Crippen LogP contribution in [-0.4, -0.2) is 40.4 Å². The van der Waals surface area contributed by atoms with Crippen LogP contribution in [0.3, 0.4) is 0 Å². The van der Waals surface area contributed by atoms with Crippen molar-refractivity contribution < 1.29 is 19.1 Å². The Balaban J connectivity index is 1.27. The van der Waals surface area contributed by atoms with Crippen LogP contribution in [0, 0.1) is 13.8 Å². The zero-order valence-electron chi connectivity index (χ0n) is 18.3. The number of ether oxygens (including phenoxy) is 2. The standard InChI is InChI=1S/C23H23N5O4S/c1-13-8-14(2)10-16(9-13)25-23(30)28-7-3-4-17(28)21-26-27-22(33-21)20(29)24-15-5-6-18-19(11-15)32-12-31-18/h5-6,8-11,17H,3-4,7,12H2,1-2H3,(H,24,29)(H,25,30)/t17-/m1/s1. The first kappa shape index (κ1) is 21.2. The monoisotopic (exact) mass is 465 g/mol. The highest BCUT2D eigenvalue weighted by Gasteiger charge is 2.33. The Hall–Kier alpha value is -3.66. The van der Waals surface area contributed by atoms with Crippen LogP contribution >= 0.6 is 11.3 Å².